The van der Waals surface area contributed by atoms with Gasteiger partial charge in [0.15, 0.2) is 0 Å². The summed E-state index contributed by atoms with van der Waals surface area (Å²) in [4.78, 5) is 2.29. The molecule has 11 heavy (non-hydrogen) atoms. The molecule has 0 radical (unpaired) electrons. The fraction of sp³-hybridized carbons (Fsp3) is 0.750. The lowest BCUT2D eigenvalue weighted by atomic mass is 10.4. The van der Waals surface area contributed by atoms with E-state index >= 15 is 0 Å². The van der Waals surface area contributed by atoms with Gasteiger partial charge in [0.2, 0.25) is 0 Å². The van der Waals surface area contributed by atoms with Crippen LogP contribution in [0.25, 0.3) is 0 Å². The highest BCUT2D eigenvalue weighted by Gasteiger charge is 2.08. The summed E-state index contributed by atoms with van der Waals surface area (Å²) in [5, 5.41) is 2.11. The van der Waals surface area contributed by atoms with Crippen LogP contribution < -0.4 is 5.43 Å². The van der Waals surface area contributed by atoms with Crippen molar-refractivity contribution in [3.05, 3.63) is 12.4 Å². The maximum absolute atomic E-state index is 3.24. The van der Waals surface area contributed by atoms with Crippen molar-refractivity contribution in [1.82, 2.24) is 15.3 Å². The minimum Gasteiger partial charge on any atom is -0.357 e. The summed E-state index contributed by atoms with van der Waals surface area (Å²) in [6.07, 6.45) is 5.43. The molecule has 0 aromatic carbocycles. The SMILES string of the molecule is CCCN1C=CN(NCC)C1. The lowest BCUT2D eigenvalue weighted by Gasteiger charge is -2.20. The van der Waals surface area contributed by atoms with E-state index in [9.17, 15) is 0 Å². The molecule has 1 rings (SSSR count). The summed E-state index contributed by atoms with van der Waals surface area (Å²) < 4.78 is 0. The molecule has 64 valence electrons. The van der Waals surface area contributed by atoms with Crippen molar-refractivity contribution >= 4 is 0 Å². The van der Waals surface area contributed by atoms with Gasteiger partial charge >= 0.3 is 0 Å². The first-order valence-electron chi connectivity index (χ1n) is 4.29. The van der Waals surface area contributed by atoms with Crippen molar-refractivity contribution in [2.75, 3.05) is 19.8 Å². The zero-order valence-corrected chi connectivity index (χ0v) is 7.38. The van der Waals surface area contributed by atoms with E-state index < -0.39 is 0 Å². The van der Waals surface area contributed by atoms with Crippen LogP contribution in [0.2, 0.25) is 0 Å². The van der Waals surface area contributed by atoms with Crippen LogP contribution in [0, 0.1) is 0 Å². The zero-order chi connectivity index (χ0) is 8.10. The fourth-order valence-electron chi connectivity index (χ4n) is 1.20. The Morgan fingerprint density at radius 3 is 2.82 bits per heavy atom. The maximum atomic E-state index is 3.24. The molecule has 1 aliphatic rings. The Bertz CT molecular complexity index is 119. The van der Waals surface area contributed by atoms with Gasteiger partial charge in [0, 0.05) is 25.5 Å². The maximum Gasteiger partial charge on any atom is 0.104 e. The van der Waals surface area contributed by atoms with Crippen LogP contribution in [-0.4, -0.2) is 29.7 Å². The van der Waals surface area contributed by atoms with Gasteiger partial charge in [-0.25, -0.2) is 5.43 Å². The van der Waals surface area contributed by atoms with Crippen LogP contribution in [0.4, 0.5) is 0 Å². The van der Waals surface area contributed by atoms with E-state index in [1.165, 1.54) is 6.42 Å². The van der Waals surface area contributed by atoms with Crippen LogP contribution in [0.15, 0.2) is 12.4 Å². The average molecular weight is 155 g/mol. The minimum absolute atomic E-state index is 0.988. The van der Waals surface area contributed by atoms with E-state index in [0.29, 0.717) is 0 Å². The Hall–Kier alpha value is -0.700. The Labute approximate surface area is 68.6 Å². The number of hydrazine groups is 1. The summed E-state index contributed by atoms with van der Waals surface area (Å²) in [7, 11) is 0. The molecule has 0 aromatic heterocycles. The van der Waals surface area contributed by atoms with Crippen LogP contribution in [0.5, 0.6) is 0 Å². The molecule has 1 heterocycles. The van der Waals surface area contributed by atoms with Gasteiger partial charge in [0.1, 0.15) is 6.67 Å². The molecule has 0 aromatic rings. The molecular formula is C8H17N3. The van der Waals surface area contributed by atoms with Crippen LogP contribution >= 0.6 is 0 Å². The monoisotopic (exact) mass is 155 g/mol. The Balaban J connectivity index is 2.19. The molecule has 0 saturated heterocycles. The predicted octanol–water partition coefficient (Wildman–Crippen LogP) is 0.967. The first-order valence-corrected chi connectivity index (χ1v) is 4.29. The molecule has 0 amide bonds. The largest absolute Gasteiger partial charge is 0.357 e. The number of hydrogen-bond donors (Lipinski definition) is 1. The first kappa shape index (κ1) is 8.40. The Morgan fingerprint density at radius 2 is 2.18 bits per heavy atom. The average Bonchev–Trinajstić information content (AvgIpc) is 2.38. The number of rotatable bonds is 4. The van der Waals surface area contributed by atoms with Crippen LogP contribution in [0.3, 0.4) is 0 Å². The second-order valence-electron chi connectivity index (χ2n) is 2.73. The standard InChI is InChI=1S/C8H17N3/c1-3-5-10-6-7-11(8-10)9-4-2/h6-7,9H,3-5,8H2,1-2H3. The van der Waals surface area contributed by atoms with Gasteiger partial charge < -0.3 is 4.90 Å². The number of nitrogens with zero attached hydrogens (tertiary/aromatic N) is 2. The van der Waals surface area contributed by atoms with Crippen molar-refractivity contribution in [2.24, 2.45) is 0 Å². The molecule has 0 unspecified atom stereocenters. The van der Waals surface area contributed by atoms with E-state index in [1.54, 1.807) is 0 Å². The third-order valence-electron chi connectivity index (χ3n) is 1.66. The van der Waals surface area contributed by atoms with E-state index in [1.807, 2.05) is 0 Å². The molecule has 0 aliphatic carbocycles. The van der Waals surface area contributed by atoms with E-state index in [0.717, 1.165) is 19.8 Å². The van der Waals surface area contributed by atoms with E-state index in [4.69, 9.17) is 0 Å². The van der Waals surface area contributed by atoms with Crippen molar-refractivity contribution in [3.63, 3.8) is 0 Å². The highest BCUT2D eigenvalue weighted by molar-refractivity contribution is 4.88. The highest BCUT2D eigenvalue weighted by Crippen LogP contribution is 2.03. The molecule has 3 heteroatoms. The summed E-state index contributed by atoms with van der Waals surface area (Å²) in [6, 6.07) is 0. The molecule has 0 saturated carbocycles. The smallest absolute Gasteiger partial charge is 0.104 e. The van der Waals surface area contributed by atoms with Gasteiger partial charge in [-0.3, -0.25) is 5.01 Å². The number of hydrogen-bond acceptors (Lipinski definition) is 3. The van der Waals surface area contributed by atoms with Gasteiger partial charge in [-0.05, 0) is 6.42 Å². The molecule has 0 atom stereocenters. The van der Waals surface area contributed by atoms with Crippen molar-refractivity contribution in [1.29, 1.82) is 0 Å². The first-order chi connectivity index (χ1) is 5.36. The van der Waals surface area contributed by atoms with E-state index in [2.05, 4.69) is 41.6 Å². The molecule has 0 fully saturated rings. The molecular weight excluding hydrogens is 138 g/mol. The summed E-state index contributed by atoms with van der Waals surface area (Å²) in [6.45, 7) is 7.43. The second-order valence-corrected chi connectivity index (χ2v) is 2.73. The molecule has 0 bridgehead atoms. The molecule has 1 aliphatic heterocycles. The van der Waals surface area contributed by atoms with E-state index in [-0.39, 0.29) is 0 Å². The van der Waals surface area contributed by atoms with Crippen LogP contribution in [-0.2, 0) is 0 Å². The van der Waals surface area contributed by atoms with Gasteiger partial charge in [-0.15, -0.1) is 0 Å². The third kappa shape index (κ3) is 2.42. The van der Waals surface area contributed by atoms with Gasteiger partial charge in [-0.1, -0.05) is 13.8 Å². The fourth-order valence-corrected chi connectivity index (χ4v) is 1.20. The topological polar surface area (TPSA) is 18.5 Å². The van der Waals surface area contributed by atoms with Crippen LogP contribution in [0.1, 0.15) is 20.3 Å². The van der Waals surface area contributed by atoms with Gasteiger partial charge in [-0.2, -0.15) is 0 Å². The zero-order valence-electron chi connectivity index (χ0n) is 7.38. The second kappa shape index (κ2) is 4.23. The van der Waals surface area contributed by atoms with Crippen molar-refractivity contribution in [3.8, 4) is 0 Å². The normalized spacial score (nSPS) is 16.5. The van der Waals surface area contributed by atoms with Gasteiger partial charge in [0.25, 0.3) is 0 Å². The lowest BCUT2D eigenvalue weighted by molar-refractivity contribution is 0.209. The third-order valence-corrected chi connectivity index (χ3v) is 1.66. The van der Waals surface area contributed by atoms with Crippen molar-refractivity contribution < 1.29 is 0 Å². The molecule has 3 nitrogen and oxygen atoms in total. The summed E-state index contributed by atoms with van der Waals surface area (Å²) in [5.74, 6) is 0. The highest BCUT2D eigenvalue weighted by atomic mass is 15.6. The number of nitrogens with one attached hydrogen (secondary N) is 1. The Morgan fingerprint density at radius 1 is 1.36 bits per heavy atom. The van der Waals surface area contributed by atoms with Gasteiger partial charge in [0.05, 0.1) is 0 Å². The van der Waals surface area contributed by atoms with Crippen molar-refractivity contribution in [2.45, 2.75) is 20.3 Å². The summed E-state index contributed by atoms with van der Waals surface area (Å²) in [5.41, 5.74) is 3.24. The summed E-state index contributed by atoms with van der Waals surface area (Å²) >= 11 is 0. The molecule has 0 spiro atoms. The predicted molar refractivity (Wildman–Crippen MR) is 46.5 cm³/mol. The minimum atomic E-state index is 0.988. The quantitative estimate of drug-likeness (QED) is 0.652. The lowest BCUT2D eigenvalue weighted by Crippen LogP contribution is -2.36. The molecule has 1 N–H and O–H groups in total. The Kier molecular flexibility index (Phi) is 3.23.